The number of aliphatic hydroxyl groups is 1. The first-order valence-corrected chi connectivity index (χ1v) is 10.8. The lowest BCUT2D eigenvalue weighted by molar-refractivity contribution is -0.147. The van der Waals surface area contributed by atoms with Crippen LogP contribution in [0.25, 0.3) is 0 Å². The molecule has 0 radical (unpaired) electrons. The van der Waals surface area contributed by atoms with Crippen molar-refractivity contribution in [1.29, 1.82) is 0 Å². The second-order valence-electron chi connectivity index (χ2n) is 8.56. The van der Waals surface area contributed by atoms with Crippen LogP contribution >= 0.6 is 0 Å². The number of carbonyl (C=O) groups is 3. The van der Waals surface area contributed by atoms with E-state index in [1.165, 1.54) is 0 Å². The number of carbonyl (C=O) groups excluding carboxylic acids is 3. The molecule has 1 aliphatic heterocycles. The van der Waals surface area contributed by atoms with Crippen LogP contribution in [-0.2, 0) is 19.1 Å². The summed E-state index contributed by atoms with van der Waals surface area (Å²) < 4.78 is 5.32. The Morgan fingerprint density at radius 1 is 1.27 bits per heavy atom. The van der Waals surface area contributed by atoms with Gasteiger partial charge in [-0.3, -0.25) is 14.4 Å². The van der Waals surface area contributed by atoms with E-state index in [2.05, 4.69) is 18.5 Å². The summed E-state index contributed by atoms with van der Waals surface area (Å²) in [7, 11) is 0. The number of amides is 2. The second-order valence-corrected chi connectivity index (χ2v) is 8.56. The molecule has 1 rings (SSSR count). The van der Waals surface area contributed by atoms with Gasteiger partial charge in [0, 0.05) is 19.4 Å². The Balaban J connectivity index is 2.55. The lowest BCUT2D eigenvalue weighted by Gasteiger charge is -2.29. The molecule has 2 unspecified atom stereocenters. The molecule has 1 aliphatic rings. The Morgan fingerprint density at radius 3 is 2.63 bits per heavy atom. The zero-order chi connectivity index (χ0) is 22.6. The monoisotopic (exact) mass is 422 g/mol. The molecule has 2 amide bonds. The smallest absolute Gasteiger partial charge is 0.305 e. The molecule has 7 nitrogen and oxygen atoms in total. The highest BCUT2D eigenvalue weighted by Gasteiger charge is 2.32. The van der Waals surface area contributed by atoms with Crippen LogP contribution in [0.2, 0.25) is 0 Å². The Kier molecular flexibility index (Phi) is 11.4. The molecule has 0 aromatic rings. The maximum Gasteiger partial charge on any atom is 0.305 e. The van der Waals surface area contributed by atoms with Crippen molar-refractivity contribution in [3.8, 4) is 0 Å². The van der Waals surface area contributed by atoms with Crippen LogP contribution in [0, 0.1) is 5.92 Å². The number of hydrogen-bond acceptors (Lipinski definition) is 5. The number of rotatable bonds is 14. The van der Waals surface area contributed by atoms with Crippen molar-refractivity contribution in [2.24, 2.45) is 5.92 Å². The van der Waals surface area contributed by atoms with E-state index in [0.29, 0.717) is 19.4 Å². The minimum atomic E-state index is -0.752. The van der Waals surface area contributed by atoms with Crippen LogP contribution < -0.4 is 5.32 Å². The highest BCUT2D eigenvalue weighted by Crippen LogP contribution is 2.21. The molecule has 0 spiro atoms. The fraction of sp³-hybridized carbons (Fsp3) is 0.696. The Bertz CT molecular complexity index is 602. The van der Waals surface area contributed by atoms with E-state index in [0.717, 1.165) is 32.1 Å². The van der Waals surface area contributed by atoms with Gasteiger partial charge in [0.05, 0.1) is 24.1 Å². The first-order chi connectivity index (χ1) is 14.2. The first kappa shape index (κ1) is 25.9. The van der Waals surface area contributed by atoms with Crippen molar-refractivity contribution in [2.45, 2.75) is 76.8 Å². The third kappa shape index (κ3) is 9.11. The lowest BCUT2D eigenvalue weighted by Crippen LogP contribution is -2.50. The van der Waals surface area contributed by atoms with Gasteiger partial charge in [0.15, 0.2) is 0 Å². The number of allylic oxidation sites excluding steroid dienone is 2. The maximum atomic E-state index is 12.8. The summed E-state index contributed by atoms with van der Waals surface area (Å²) in [5.41, 5.74) is -0.752. The molecule has 1 heterocycles. The Morgan fingerprint density at radius 2 is 2.00 bits per heavy atom. The number of ether oxygens (including phenoxy) is 1. The van der Waals surface area contributed by atoms with E-state index in [1.807, 2.05) is 6.08 Å². The molecule has 0 aliphatic carbocycles. The van der Waals surface area contributed by atoms with Crippen LogP contribution in [0.3, 0.4) is 0 Å². The highest BCUT2D eigenvalue weighted by molar-refractivity contribution is 5.86. The summed E-state index contributed by atoms with van der Waals surface area (Å²) in [5, 5.41) is 12.3. The zero-order valence-electron chi connectivity index (χ0n) is 18.5. The van der Waals surface area contributed by atoms with E-state index < -0.39 is 11.5 Å². The topological polar surface area (TPSA) is 95.9 Å². The number of nitrogens with zero attached hydrogens (tertiary/aromatic N) is 1. The van der Waals surface area contributed by atoms with Crippen molar-refractivity contribution in [2.75, 3.05) is 19.8 Å². The molecule has 0 bridgehead atoms. The van der Waals surface area contributed by atoms with Crippen molar-refractivity contribution in [3.63, 3.8) is 0 Å². The van der Waals surface area contributed by atoms with E-state index in [4.69, 9.17) is 4.74 Å². The number of unbranched alkanes of at least 4 members (excludes halogenated alkanes) is 2. The van der Waals surface area contributed by atoms with Gasteiger partial charge < -0.3 is 20.1 Å². The third-order valence-corrected chi connectivity index (χ3v) is 5.25. The van der Waals surface area contributed by atoms with E-state index >= 15 is 0 Å². The molecule has 30 heavy (non-hydrogen) atoms. The van der Waals surface area contributed by atoms with Crippen LogP contribution in [0.5, 0.6) is 0 Å². The van der Waals surface area contributed by atoms with Gasteiger partial charge in [0.2, 0.25) is 11.8 Å². The predicted octanol–water partition coefficient (Wildman–Crippen LogP) is 2.74. The van der Waals surface area contributed by atoms with Crippen LogP contribution in [-0.4, -0.2) is 59.1 Å². The van der Waals surface area contributed by atoms with E-state index in [9.17, 15) is 19.5 Å². The van der Waals surface area contributed by atoms with Crippen LogP contribution in [0.15, 0.2) is 25.3 Å². The largest absolute Gasteiger partial charge is 0.463 e. The zero-order valence-corrected chi connectivity index (χ0v) is 18.5. The highest BCUT2D eigenvalue weighted by atomic mass is 16.5. The SMILES string of the molecule is C=CCCCCC(=O)OCC(C)(C)NC(=O)C(CC=C)CC(=O)N1CCCC1CO. The van der Waals surface area contributed by atoms with E-state index in [1.54, 1.807) is 24.8 Å². The van der Waals surface area contributed by atoms with Crippen LogP contribution in [0.4, 0.5) is 0 Å². The Hall–Kier alpha value is -2.15. The number of esters is 1. The standard InChI is InChI=1S/C23H38N2O5/c1-5-7-8-9-13-21(28)30-17-23(3,4)24-22(29)18(11-6-2)15-20(27)25-14-10-12-19(25)16-26/h5-6,18-19,26H,1-2,7-17H2,3-4H3,(H,24,29). The van der Waals surface area contributed by atoms with Gasteiger partial charge in [0.25, 0.3) is 0 Å². The van der Waals surface area contributed by atoms with E-state index in [-0.39, 0.29) is 43.5 Å². The van der Waals surface area contributed by atoms with Crippen molar-refractivity contribution >= 4 is 17.8 Å². The molecular weight excluding hydrogens is 384 g/mol. The third-order valence-electron chi connectivity index (χ3n) is 5.25. The van der Waals surface area contributed by atoms with Gasteiger partial charge in [-0.05, 0) is 52.4 Å². The van der Waals surface area contributed by atoms with Gasteiger partial charge in [-0.25, -0.2) is 0 Å². The first-order valence-electron chi connectivity index (χ1n) is 10.8. The normalized spacial score (nSPS) is 17.3. The van der Waals surface area contributed by atoms with Gasteiger partial charge in [-0.15, -0.1) is 13.2 Å². The molecule has 170 valence electrons. The van der Waals surface area contributed by atoms with Crippen LogP contribution in [0.1, 0.15) is 65.2 Å². The molecule has 0 saturated carbocycles. The summed E-state index contributed by atoms with van der Waals surface area (Å²) in [4.78, 5) is 39.0. The number of hydrogen-bond donors (Lipinski definition) is 2. The molecule has 7 heteroatoms. The average molecular weight is 423 g/mol. The predicted molar refractivity (Wildman–Crippen MR) is 117 cm³/mol. The van der Waals surface area contributed by atoms with Gasteiger partial charge in [-0.1, -0.05) is 12.2 Å². The molecule has 0 aromatic carbocycles. The van der Waals surface area contributed by atoms with Gasteiger partial charge in [0.1, 0.15) is 6.61 Å². The minimum absolute atomic E-state index is 0.0595. The van der Waals surface area contributed by atoms with Gasteiger partial charge in [-0.2, -0.15) is 0 Å². The minimum Gasteiger partial charge on any atom is -0.463 e. The van der Waals surface area contributed by atoms with Gasteiger partial charge >= 0.3 is 5.97 Å². The number of aliphatic hydroxyl groups excluding tert-OH is 1. The average Bonchev–Trinajstić information content (AvgIpc) is 3.18. The summed E-state index contributed by atoms with van der Waals surface area (Å²) in [6, 6.07) is -0.160. The summed E-state index contributed by atoms with van der Waals surface area (Å²) in [6.07, 6.45) is 8.37. The Labute approximate surface area is 180 Å². The second kappa shape index (κ2) is 13.2. The lowest BCUT2D eigenvalue weighted by atomic mass is 9.97. The number of nitrogens with one attached hydrogen (secondary N) is 1. The van der Waals surface area contributed by atoms with Crippen molar-refractivity contribution in [1.82, 2.24) is 10.2 Å². The molecule has 1 fully saturated rings. The quantitative estimate of drug-likeness (QED) is 0.255. The summed E-state index contributed by atoms with van der Waals surface area (Å²) in [5.74, 6) is -1.24. The molecule has 1 saturated heterocycles. The molecule has 2 N–H and O–H groups in total. The summed E-state index contributed by atoms with van der Waals surface area (Å²) >= 11 is 0. The molecule has 2 atom stereocenters. The van der Waals surface area contributed by atoms with Crippen molar-refractivity contribution in [3.05, 3.63) is 25.3 Å². The molecule has 0 aromatic heterocycles. The summed E-state index contributed by atoms with van der Waals surface area (Å²) in [6.45, 7) is 11.5. The maximum absolute atomic E-state index is 12.8. The fourth-order valence-corrected chi connectivity index (χ4v) is 3.53. The fourth-order valence-electron chi connectivity index (χ4n) is 3.53. The van der Waals surface area contributed by atoms with Crippen molar-refractivity contribution < 1.29 is 24.2 Å². The number of likely N-dealkylation sites (tertiary alicyclic amines) is 1. The molecular formula is C23H38N2O5.